The largest absolute Gasteiger partial charge is 0.494 e. The van der Waals surface area contributed by atoms with E-state index in [0.717, 1.165) is 16.9 Å². The second kappa shape index (κ2) is 10.4. The van der Waals surface area contributed by atoms with E-state index < -0.39 is 0 Å². The molecule has 0 unspecified atom stereocenters. The van der Waals surface area contributed by atoms with Crippen LogP contribution in [0.3, 0.4) is 0 Å². The fraction of sp³-hybridized carbons (Fsp3) is 0.292. The van der Waals surface area contributed by atoms with E-state index in [2.05, 4.69) is 28.0 Å². The molecule has 0 aliphatic carbocycles. The van der Waals surface area contributed by atoms with Crippen molar-refractivity contribution in [3.8, 4) is 0 Å². The third kappa shape index (κ3) is 5.12. The monoisotopic (exact) mass is 419 g/mol. The maximum absolute atomic E-state index is 13.4. The summed E-state index contributed by atoms with van der Waals surface area (Å²) in [5, 5.41) is 0. The van der Waals surface area contributed by atoms with Gasteiger partial charge in [-0.05, 0) is 32.1 Å². The summed E-state index contributed by atoms with van der Waals surface area (Å²) in [5.41, 5.74) is 2.34. The Hall–Kier alpha value is -3.61. The Balaban J connectivity index is 1.68. The number of ether oxygens (including phenoxy) is 1. The summed E-state index contributed by atoms with van der Waals surface area (Å²) in [6, 6.07) is 9.56. The van der Waals surface area contributed by atoms with Crippen LogP contribution in [-0.2, 0) is 4.74 Å². The van der Waals surface area contributed by atoms with Gasteiger partial charge in [0.05, 0.1) is 17.9 Å². The van der Waals surface area contributed by atoms with Gasteiger partial charge in [-0.15, -0.1) is 0 Å². The molecule has 0 bridgehead atoms. The lowest BCUT2D eigenvalue weighted by atomic mass is 10.2. The summed E-state index contributed by atoms with van der Waals surface area (Å²) in [6.45, 7) is 14.6. The van der Waals surface area contributed by atoms with E-state index in [1.165, 1.54) is 0 Å². The van der Waals surface area contributed by atoms with Crippen LogP contribution in [0.2, 0.25) is 0 Å². The average molecular weight is 420 g/mol. The van der Waals surface area contributed by atoms with Crippen molar-refractivity contribution in [1.82, 2.24) is 14.9 Å². The number of aromatic nitrogens is 2. The van der Waals surface area contributed by atoms with E-state index in [-0.39, 0.29) is 6.03 Å². The van der Waals surface area contributed by atoms with Crippen molar-refractivity contribution in [3.63, 3.8) is 0 Å². The lowest BCUT2D eigenvalue weighted by Gasteiger charge is -2.37. The number of amides is 2. The number of hydrogen-bond acceptors (Lipinski definition) is 5. The molecule has 1 aliphatic rings. The summed E-state index contributed by atoms with van der Waals surface area (Å²) in [7, 11) is 0. The highest BCUT2D eigenvalue weighted by Crippen LogP contribution is 2.23. The molecule has 7 nitrogen and oxygen atoms in total. The molecule has 162 valence electrons. The van der Waals surface area contributed by atoms with Gasteiger partial charge in [0.1, 0.15) is 5.76 Å². The summed E-state index contributed by atoms with van der Waals surface area (Å²) < 4.78 is 5.40. The summed E-state index contributed by atoms with van der Waals surface area (Å²) >= 11 is 0. The maximum atomic E-state index is 13.4. The Morgan fingerprint density at radius 1 is 1.16 bits per heavy atom. The number of para-hydroxylation sites is 1. The van der Waals surface area contributed by atoms with Crippen molar-refractivity contribution < 1.29 is 9.53 Å². The van der Waals surface area contributed by atoms with Crippen LogP contribution in [0.15, 0.2) is 73.7 Å². The van der Waals surface area contributed by atoms with Crippen LogP contribution >= 0.6 is 0 Å². The number of anilines is 2. The minimum Gasteiger partial charge on any atom is -0.494 e. The number of benzene rings is 1. The number of urea groups is 1. The summed E-state index contributed by atoms with van der Waals surface area (Å²) in [6.07, 6.45) is 7.03. The van der Waals surface area contributed by atoms with Gasteiger partial charge in [0, 0.05) is 44.3 Å². The van der Waals surface area contributed by atoms with Crippen molar-refractivity contribution in [1.29, 1.82) is 0 Å². The number of allylic oxidation sites excluding steroid dienone is 2. The molecule has 1 aliphatic heterocycles. The fourth-order valence-corrected chi connectivity index (χ4v) is 3.41. The molecule has 0 saturated carbocycles. The average Bonchev–Trinajstić information content (AvgIpc) is 2.83. The van der Waals surface area contributed by atoms with Crippen molar-refractivity contribution in [2.24, 2.45) is 0 Å². The highest BCUT2D eigenvalue weighted by atomic mass is 16.5. The van der Waals surface area contributed by atoms with Crippen LogP contribution in [0.4, 0.5) is 16.4 Å². The molecule has 2 amide bonds. The summed E-state index contributed by atoms with van der Waals surface area (Å²) in [5.74, 6) is 1.20. The molecule has 7 heteroatoms. The van der Waals surface area contributed by atoms with E-state index in [0.29, 0.717) is 44.5 Å². The van der Waals surface area contributed by atoms with Crippen LogP contribution in [0.1, 0.15) is 19.4 Å². The molecular formula is C24H29N5O2. The zero-order valence-electron chi connectivity index (χ0n) is 18.2. The first-order chi connectivity index (χ1) is 15.1. The lowest BCUT2D eigenvalue weighted by Crippen LogP contribution is -2.53. The Labute approximate surface area is 184 Å². The Bertz CT molecular complexity index is 932. The number of rotatable bonds is 7. The van der Waals surface area contributed by atoms with Crippen molar-refractivity contribution in [2.75, 3.05) is 42.6 Å². The standard InChI is InChI=1S/C24H29N5O2/c1-5-21(6-2)29(22-11-9-8-10-12-22)24(30)28-15-13-27(14-16-28)23-25-17-20(18-26-23)19(4)31-7-3/h5-6,8-12,17-18H,1,4,7,13-16H2,2-3H3/b21-6+. The van der Waals surface area contributed by atoms with E-state index in [1.807, 2.05) is 55.2 Å². The van der Waals surface area contributed by atoms with Crippen molar-refractivity contribution in [3.05, 3.63) is 79.3 Å². The van der Waals surface area contributed by atoms with Crippen LogP contribution in [0.25, 0.3) is 5.76 Å². The maximum Gasteiger partial charge on any atom is 0.329 e. The highest BCUT2D eigenvalue weighted by Gasteiger charge is 2.28. The van der Waals surface area contributed by atoms with Crippen molar-refractivity contribution >= 4 is 23.4 Å². The second-order valence-electron chi connectivity index (χ2n) is 6.97. The Morgan fingerprint density at radius 2 is 1.81 bits per heavy atom. The van der Waals surface area contributed by atoms with Crippen LogP contribution in [0.5, 0.6) is 0 Å². The molecule has 0 spiro atoms. The minimum atomic E-state index is -0.0665. The predicted molar refractivity (Wildman–Crippen MR) is 125 cm³/mol. The zero-order chi connectivity index (χ0) is 22.2. The van der Waals surface area contributed by atoms with E-state index >= 15 is 0 Å². The Morgan fingerprint density at radius 3 is 2.35 bits per heavy atom. The van der Waals surface area contributed by atoms with Crippen LogP contribution < -0.4 is 9.80 Å². The van der Waals surface area contributed by atoms with Gasteiger partial charge in [0.15, 0.2) is 0 Å². The van der Waals surface area contributed by atoms with Gasteiger partial charge in [0.25, 0.3) is 0 Å². The topological polar surface area (TPSA) is 61.8 Å². The van der Waals surface area contributed by atoms with Crippen molar-refractivity contribution in [2.45, 2.75) is 13.8 Å². The molecule has 1 saturated heterocycles. The molecule has 3 rings (SSSR count). The first-order valence-electron chi connectivity index (χ1n) is 10.4. The van der Waals surface area contributed by atoms with Gasteiger partial charge in [-0.2, -0.15) is 0 Å². The Kier molecular flexibility index (Phi) is 7.43. The van der Waals surface area contributed by atoms with Gasteiger partial charge in [-0.1, -0.05) is 37.4 Å². The van der Waals surface area contributed by atoms with E-state index in [9.17, 15) is 4.79 Å². The van der Waals surface area contributed by atoms with Crippen LogP contribution in [-0.4, -0.2) is 53.7 Å². The molecule has 1 aromatic heterocycles. The highest BCUT2D eigenvalue weighted by molar-refractivity contribution is 5.96. The number of nitrogens with zero attached hydrogens (tertiary/aromatic N) is 5. The van der Waals surface area contributed by atoms with Crippen LogP contribution in [0, 0.1) is 0 Å². The number of piperazine rings is 1. The first-order valence-corrected chi connectivity index (χ1v) is 10.4. The number of hydrogen-bond donors (Lipinski definition) is 0. The minimum absolute atomic E-state index is 0.0665. The molecule has 0 atom stereocenters. The number of carbonyl (C=O) groups excluding carboxylic acids is 1. The van der Waals surface area contributed by atoms with Gasteiger partial charge < -0.3 is 14.5 Å². The molecule has 1 fully saturated rings. The zero-order valence-corrected chi connectivity index (χ0v) is 18.2. The number of carbonyl (C=O) groups is 1. The molecular weight excluding hydrogens is 390 g/mol. The normalized spacial score (nSPS) is 14.2. The van der Waals surface area contributed by atoms with Gasteiger partial charge in [-0.3, -0.25) is 4.90 Å². The second-order valence-corrected chi connectivity index (χ2v) is 6.97. The quantitative estimate of drug-likeness (QED) is 0.494. The van der Waals surface area contributed by atoms with E-state index in [1.54, 1.807) is 23.4 Å². The first kappa shape index (κ1) is 22.1. The molecule has 2 aromatic rings. The predicted octanol–water partition coefficient (Wildman–Crippen LogP) is 4.32. The SMILES string of the molecule is C=C/C(=C\C)N(C(=O)N1CCN(c2ncc(C(=C)OCC)cn2)CC1)c1ccccc1. The fourth-order valence-electron chi connectivity index (χ4n) is 3.41. The smallest absolute Gasteiger partial charge is 0.329 e. The van der Waals surface area contributed by atoms with E-state index in [4.69, 9.17) is 4.74 Å². The third-order valence-electron chi connectivity index (χ3n) is 5.08. The molecule has 31 heavy (non-hydrogen) atoms. The lowest BCUT2D eigenvalue weighted by molar-refractivity contribution is 0.202. The molecule has 1 aromatic carbocycles. The molecule has 0 N–H and O–H groups in total. The van der Waals surface area contributed by atoms with Gasteiger partial charge in [-0.25, -0.2) is 14.8 Å². The van der Waals surface area contributed by atoms with Gasteiger partial charge >= 0.3 is 6.03 Å². The molecule has 2 heterocycles. The third-order valence-corrected chi connectivity index (χ3v) is 5.08. The molecule has 0 radical (unpaired) electrons. The summed E-state index contributed by atoms with van der Waals surface area (Å²) in [4.78, 5) is 27.9. The van der Waals surface area contributed by atoms with Gasteiger partial charge in [0.2, 0.25) is 5.95 Å².